The summed E-state index contributed by atoms with van der Waals surface area (Å²) in [5.74, 6) is 0.918. The largest absolute Gasteiger partial charge is 0.508 e. The summed E-state index contributed by atoms with van der Waals surface area (Å²) in [4.78, 5) is 0. The van der Waals surface area contributed by atoms with E-state index in [0.717, 1.165) is 21.5 Å². The summed E-state index contributed by atoms with van der Waals surface area (Å²) in [6.45, 7) is 0. The number of fused-ring (bicyclic) bond motifs is 2. The molecule has 0 saturated carbocycles. The van der Waals surface area contributed by atoms with Crippen LogP contribution >= 0.6 is 0 Å². The molecule has 0 aliphatic rings. The van der Waals surface area contributed by atoms with Crippen LogP contribution < -0.4 is 0 Å². The molecule has 4 nitrogen and oxygen atoms in total. The number of hydrogen-bond donors (Lipinski definition) is 4. The van der Waals surface area contributed by atoms with Gasteiger partial charge in [-0.25, -0.2) is 0 Å². The Labute approximate surface area is 138 Å². The summed E-state index contributed by atoms with van der Waals surface area (Å²) in [5.41, 5.74) is 0. The minimum absolute atomic E-state index is 0.216. The van der Waals surface area contributed by atoms with Crippen LogP contribution in [0.1, 0.15) is 0 Å². The van der Waals surface area contributed by atoms with Crippen LogP contribution in [0.3, 0.4) is 0 Å². The van der Waals surface area contributed by atoms with E-state index in [0.29, 0.717) is 0 Å². The number of hydrogen-bond acceptors (Lipinski definition) is 4. The fraction of sp³-hybridized carbons (Fsp3) is 0. The highest BCUT2D eigenvalue weighted by Gasteiger charge is 1.99. The van der Waals surface area contributed by atoms with Crippen molar-refractivity contribution < 1.29 is 20.4 Å². The zero-order valence-corrected chi connectivity index (χ0v) is 12.7. The molecule has 0 bridgehead atoms. The Morgan fingerprint density at radius 3 is 1.29 bits per heavy atom. The molecule has 0 heterocycles. The number of phenols is 4. The van der Waals surface area contributed by atoms with Crippen LogP contribution in [0.4, 0.5) is 0 Å². The third-order valence-corrected chi connectivity index (χ3v) is 3.68. The first kappa shape index (κ1) is 15.5. The Morgan fingerprint density at radius 1 is 0.458 bits per heavy atom. The molecule has 4 aromatic rings. The van der Waals surface area contributed by atoms with Gasteiger partial charge in [0.2, 0.25) is 0 Å². The Morgan fingerprint density at radius 2 is 0.875 bits per heavy atom. The van der Waals surface area contributed by atoms with Crippen LogP contribution in [0.25, 0.3) is 21.5 Å². The van der Waals surface area contributed by atoms with E-state index < -0.39 is 0 Å². The monoisotopic (exact) mass is 320 g/mol. The fourth-order valence-electron chi connectivity index (χ4n) is 2.51. The molecule has 0 aliphatic carbocycles. The average Bonchev–Trinajstić information content (AvgIpc) is 2.55. The molecular formula is C20H16O4. The molecule has 4 aromatic carbocycles. The van der Waals surface area contributed by atoms with Gasteiger partial charge in [-0.15, -0.1) is 0 Å². The van der Waals surface area contributed by atoms with Crippen LogP contribution in [0.2, 0.25) is 0 Å². The highest BCUT2D eigenvalue weighted by molar-refractivity contribution is 5.89. The maximum absolute atomic E-state index is 9.38. The normalized spacial score (nSPS) is 10.3. The summed E-state index contributed by atoms with van der Waals surface area (Å²) in [6.07, 6.45) is 0. The maximum atomic E-state index is 9.38. The smallest absolute Gasteiger partial charge is 0.123 e. The van der Waals surface area contributed by atoms with Gasteiger partial charge in [-0.05, 0) is 59.3 Å². The molecule has 0 saturated heterocycles. The molecule has 4 rings (SSSR count). The average molecular weight is 320 g/mol. The molecule has 0 atom stereocenters. The molecule has 4 heteroatoms. The lowest BCUT2D eigenvalue weighted by Crippen LogP contribution is -1.72. The fourth-order valence-corrected chi connectivity index (χ4v) is 2.51. The zero-order chi connectivity index (χ0) is 17.1. The Balaban J connectivity index is 0.000000141. The van der Waals surface area contributed by atoms with Crippen LogP contribution in [-0.4, -0.2) is 20.4 Å². The SMILES string of the molecule is Oc1ccc2c(O)cccc2c1.Oc1ccc2c(O)cccc2c1. The Kier molecular flexibility index (Phi) is 4.12. The van der Waals surface area contributed by atoms with Crippen molar-refractivity contribution in [1.82, 2.24) is 0 Å². The van der Waals surface area contributed by atoms with Gasteiger partial charge in [0.1, 0.15) is 23.0 Å². The minimum atomic E-state index is 0.216. The van der Waals surface area contributed by atoms with Gasteiger partial charge in [-0.1, -0.05) is 24.3 Å². The maximum Gasteiger partial charge on any atom is 0.123 e. The van der Waals surface area contributed by atoms with Crippen molar-refractivity contribution in [3.05, 3.63) is 72.8 Å². The van der Waals surface area contributed by atoms with Crippen molar-refractivity contribution in [1.29, 1.82) is 0 Å². The molecule has 0 aromatic heterocycles. The van der Waals surface area contributed by atoms with Gasteiger partial charge in [-0.2, -0.15) is 0 Å². The van der Waals surface area contributed by atoms with Crippen LogP contribution in [0, 0.1) is 0 Å². The highest BCUT2D eigenvalue weighted by Crippen LogP contribution is 2.27. The summed E-state index contributed by atoms with van der Waals surface area (Å²) in [5, 5.41) is 40.2. The van der Waals surface area contributed by atoms with Gasteiger partial charge in [0.25, 0.3) is 0 Å². The standard InChI is InChI=1S/2C10H8O2/c2*11-8-4-5-9-7(6-8)2-1-3-10(9)12/h2*1-6,11-12H. The van der Waals surface area contributed by atoms with Gasteiger partial charge >= 0.3 is 0 Å². The van der Waals surface area contributed by atoms with Gasteiger partial charge in [0.05, 0.1) is 0 Å². The number of aromatic hydroxyl groups is 4. The number of rotatable bonds is 0. The van der Waals surface area contributed by atoms with E-state index in [-0.39, 0.29) is 23.0 Å². The van der Waals surface area contributed by atoms with Crippen LogP contribution in [0.15, 0.2) is 72.8 Å². The van der Waals surface area contributed by atoms with E-state index in [1.807, 2.05) is 12.1 Å². The molecule has 0 radical (unpaired) electrons. The van der Waals surface area contributed by atoms with Crippen molar-refractivity contribution in [3.8, 4) is 23.0 Å². The molecule has 4 N–H and O–H groups in total. The van der Waals surface area contributed by atoms with Crippen molar-refractivity contribution in [2.45, 2.75) is 0 Å². The summed E-state index contributed by atoms with van der Waals surface area (Å²) in [6, 6.07) is 20.2. The summed E-state index contributed by atoms with van der Waals surface area (Å²) < 4.78 is 0. The molecule has 0 aliphatic heterocycles. The van der Waals surface area contributed by atoms with E-state index in [9.17, 15) is 10.2 Å². The van der Waals surface area contributed by atoms with E-state index >= 15 is 0 Å². The van der Waals surface area contributed by atoms with Gasteiger partial charge in [0, 0.05) is 10.8 Å². The molecular weight excluding hydrogens is 304 g/mol. The van der Waals surface area contributed by atoms with E-state index in [1.54, 1.807) is 60.7 Å². The second-order valence-corrected chi connectivity index (χ2v) is 5.37. The van der Waals surface area contributed by atoms with E-state index in [4.69, 9.17) is 10.2 Å². The van der Waals surface area contributed by atoms with Crippen molar-refractivity contribution >= 4 is 21.5 Å². The molecule has 0 amide bonds. The first-order valence-corrected chi connectivity index (χ1v) is 7.36. The highest BCUT2D eigenvalue weighted by atomic mass is 16.3. The van der Waals surface area contributed by atoms with E-state index in [2.05, 4.69) is 0 Å². The lowest BCUT2D eigenvalue weighted by Gasteiger charge is -1.99. The molecule has 0 unspecified atom stereocenters. The third-order valence-electron chi connectivity index (χ3n) is 3.68. The zero-order valence-electron chi connectivity index (χ0n) is 12.7. The molecule has 24 heavy (non-hydrogen) atoms. The van der Waals surface area contributed by atoms with Crippen LogP contribution in [-0.2, 0) is 0 Å². The Bertz CT molecular complexity index is 925. The number of phenolic OH excluding ortho intramolecular Hbond substituents is 4. The van der Waals surface area contributed by atoms with E-state index in [1.165, 1.54) is 0 Å². The summed E-state index contributed by atoms with van der Waals surface area (Å²) in [7, 11) is 0. The minimum Gasteiger partial charge on any atom is -0.508 e. The van der Waals surface area contributed by atoms with Gasteiger partial charge < -0.3 is 20.4 Å². The van der Waals surface area contributed by atoms with Crippen molar-refractivity contribution in [3.63, 3.8) is 0 Å². The Hall–Kier alpha value is -3.40. The second kappa shape index (κ2) is 6.38. The summed E-state index contributed by atoms with van der Waals surface area (Å²) >= 11 is 0. The second-order valence-electron chi connectivity index (χ2n) is 5.37. The quantitative estimate of drug-likeness (QED) is 0.384. The third kappa shape index (κ3) is 3.17. The predicted molar refractivity (Wildman–Crippen MR) is 94.6 cm³/mol. The van der Waals surface area contributed by atoms with Gasteiger partial charge in [-0.3, -0.25) is 0 Å². The predicted octanol–water partition coefficient (Wildman–Crippen LogP) is 4.50. The van der Waals surface area contributed by atoms with Crippen molar-refractivity contribution in [2.24, 2.45) is 0 Å². The lowest BCUT2D eigenvalue weighted by atomic mass is 10.1. The number of benzene rings is 4. The molecule has 0 spiro atoms. The van der Waals surface area contributed by atoms with Gasteiger partial charge in [0.15, 0.2) is 0 Å². The molecule has 0 fully saturated rings. The first-order valence-electron chi connectivity index (χ1n) is 7.36. The topological polar surface area (TPSA) is 80.9 Å². The molecule has 120 valence electrons. The first-order chi connectivity index (χ1) is 11.5. The van der Waals surface area contributed by atoms with Crippen molar-refractivity contribution in [2.75, 3.05) is 0 Å². The lowest BCUT2D eigenvalue weighted by molar-refractivity contribution is 0.474. The van der Waals surface area contributed by atoms with Crippen LogP contribution in [0.5, 0.6) is 23.0 Å².